The van der Waals surface area contributed by atoms with E-state index < -0.39 is 0 Å². The summed E-state index contributed by atoms with van der Waals surface area (Å²) in [4.78, 5) is 1.55. The molecule has 0 amide bonds. The number of nitrogen functional groups attached to an aromatic ring is 1. The predicted octanol–water partition coefficient (Wildman–Crippen LogP) is 1.25. The molecule has 5 nitrogen and oxygen atoms in total. The Morgan fingerprint density at radius 2 is 2.20 bits per heavy atom. The van der Waals surface area contributed by atoms with Crippen molar-refractivity contribution in [2.24, 2.45) is 0 Å². The van der Waals surface area contributed by atoms with E-state index in [9.17, 15) is 0 Å². The molecule has 0 aliphatic rings. The van der Waals surface area contributed by atoms with Gasteiger partial charge in [-0.3, -0.25) is 0 Å². The molecule has 0 unspecified atom stereocenters. The maximum atomic E-state index is 5.81. The highest BCUT2D eigenvalue weighted by Crippen LogP contribution is 2.19. The maximum absolute atomic E-state index is 5.81. The molecule has 78 valence electrons. The highest BCUT2D eigenvalue weighted by atomic mass is 15.6. The van der Waals surface area contributed by atoms with E-state index in [1.54, 1.807) is 4.80 Å². The van der Waals surface area contributed by atoms with Crippen LogP contribution in [0.5, 0.6) is 0 Å². The fourth-order valence-electron chi connectivity index (χ4n) is 1.27. The lowest BCUT2D eigenvalue weighted by atomic mass is 10.1. The summed E-state index contributed by atoms with van der Waals surface area (Å²) in [6.45, 7) is 4.65. The summed E-state index contributed by atoms with van der Waals surface area (Å²) in [5, 5.41) is 12.1. The molecule has 1 aromatic carbocycles. The lowest BCUT2D eigenvalue weighted by Gasteiger charge is -2.00. The lowest BCUT2D eigenvalue weighted by molar-refractivity contribution is 0.553. The second kappa shape index (κ2) is 3.68. The zero-order valence-electron chi connectivity index (χ0n) is 8.81. The Morgan fingerprint density at radius 3 is 2.80 bits per heavy atom. The van der Waals surface area contributed by atoms with Crippen molar-refractivity contribution in [3.05, 3.63) is 23.8 Å². The van der Waals surface area contributed by atoms with E-state index in [-0.39, 0.29) is 0 Å². The normalized spacial score (nSPS) is 10.5. The number of nitrogens with zero attached hydrogens (tertiary/aromatic N) is 4. The van der Waals surface area contributed by atoms with Gasteiger partial charge in [0.25, 0.3) is 0 Å². The van der Waals surface area contributed by atoms with E-state index in [1.807, 2.05) is 32.0 Å². The van der Waals surface area contributed by atoms with E-state index in [0.29, 0.717) is 12.4 Å². The first-order chi connectivity index (χ1) is 7.20. The van der Waals surface area contributed by atoms with Gasteiger partial charge in [-0.2, -0.15) is 4.80 Å². The number of anilines is 1. The van der Waals surface area contributed by atoms with Gasteiger partial charge in [-0.1, -0.05) is 12.1 Å². The van der Waals surface area contributed by atoms with E-state index >= 15 is 0 Å². The molecule has 0 radical (unpaired) electrons. The molecule has 2 aromatic rings. The number of tetrazole rings is 1. The molecule has 0 bridgehead atoms. The molecule has 1 aromatic heterocycles. The Bertz CT molecular complexity index is 474. The SMILES string of the molecule is CCn1nnc(-c2ccc(C)c(N)c2)n1. The van der Waals surface area contributed by atoms with E-state index in [4.69, 9.17) is 5.73 Å². The summed E-state index contributed by atoms with van der Waals surface area (Å²) >= 11 is 0. The van der Waals surface area contributed by atoms with Crippen LogP contribution in [0.25, 0.3) is 11.4 Å². The average Bonchev–Trinajstić information content (AvgIpc) is 2.70. The van der Waals surface area contributed by atoms with Crippen molar-refractivity contribution in [2.75, 3.05) is 5.73 Å². The minimum Gasteiger partial charge on any atom is -0.398 e. The van der Waals surface area contributed by atoms with Crippen molar-refractivity contribution in [3.63, 3.8) is 0 Å². The van der Waals surface area contributed by atoms with E-state index in [1.165, 1.54) is 0 Å². The van der Waals surface area contributed by atoms with Gasteiger partial charge in [0.1, 0.15) is 0 Å². The third-order valence-corrected chi connectivity index (χ3v) is 2.27. The quantitative estimate of drug-likeness (QED) is 0.746. The molecule has 0 aliphatic carbocycles. The fourth-order valence-corrected chi connectivity index (χ4v) is 1.27. The van der Waals surface area contributed by atoms with Gasteiger partial charge in [-0.05, 0) is 30.7 Å². The standard InChI is InChI=1S/C10H13N5/c1-3-15-13-10(12-14-15)8-5-4-7(2)9(11)6-8/h4-6H,3,11H2,1-2H3. The van der Waals surface area contributed by atoms with Crippen LogP contribution in [0.4, 0.5) is 5.69 Å². The summed E-state index contributed by atoms with van der Waals surface area (Å²) < 4.78 is 0. The summed E-state index contributed by atoms with van der Waals surface area (Å²) in [5.74, 6) is 0.614. The number of nitrogens with two attached hydrogens (primary N) is 1. The second-order valence-electron chi connectivity index (χ2n) is 3.37. The Hall–Kier alpha value is -1.91. The number of aryl methyl sites for hydroxylation is 2. The molecule has 15 heavy (non-hydrogen) atoms. The molecular formula is C10H13N5. The van der Waals surface area contributed by atoms with Crippen LogP contribution in [0.3, 0.4) is 0 Å². The third kappa shape index (κ3) is 1.81. The summed E-state index contributed by atoms with van der Waals surface area (Å²) in [7, 11) is 0. The summed E-state index contributed by atoms with van der Waals surface area (Å²) in [6, 6.07) is 5.77. The van der Waals surface area contributed by atoms with Gasteiger partial charge in [0, 0.05) is 11.3 Å². The molecule has 0 aliphatic heterocycles. The van der Waals surface area contributed by atoms with Gasteiger partial charge in [-0.25, -0.2) is 0 Å². The van der Waals surface area contributed by atoms with Gasteiger partial charge < -0.3 is 5.73 Å². The Balaban J connectivity index is 2.40. The zero-order valence-corrected chi connectivity index (χ0v) is 8.81. The van der Waals surface area contributed by atoms with Gasteiger partial charge in [0.05, 0.1) is 6.54 Å². The van der Waals surface area contributed by atoms with Crippen LogP contribution >= 0.6 is 0 Å². The Labute approximate surface area is 87.9 Å². The molecule has 0 spiro atoms. The predicted molar refractivity (Wildman–Crippen MR) is 58.1 cm³/mol. The van der Waals surface area contributed by atoms with E-state index in [0.717, 1.165) is 16.8 Å². The highest BCUT2D eigenvalue weighted by molar-refractivity contribution is 5.62. The zero-order chi connectivity index (χ0) is 10.8. The topological polar surface area (TPSA) is 69.6 Å². The van der Waals surface area contributed by atoms with Gasteiger partial charge in [0.15, 0.2) is 0 Å². The number of rotatable bonds is 2. The summed E-state index contributed by atoms with van der Waals surface area (Å²) in [6.07, 6.45) is 0. The van der Waals surface area contributed by atoms with Crippen molar-refractivity contribution in [1.29, 1.82) is 0 Å². The third-order valence-electron chi connectivity index (χ3n) is 2.27. The van der Waals surface area contributed by atoms with Crippen molar-refractivity contribution in [1.82, 2.24) is 20.2 Å². The Morgan fingerprint density at radius 1 is 1.40 bits per heavy atom. The molecule has 0 saturated heterocycles. The van der Waals surface area contributed by atoms with E-state index in [2.05, 4.69) is 15.4 Å². The lowest BCUT2D eigenvalue weighted by Crippen LogP contribution is -1.98. The minimum absolute atomic E-state index is 0.614. The smallest absolute Gasteiger partial charge is 0.204 e. The van der Waals surface area contributed by atoms with Crippen LogP contribution in [0.2, 0.25) is 0 Å². The van der Waals surface area contributed by atoms with Crippen LogP contribution < -0.4 is 5.73 Å². The number of benzene rings is 1. The molecule has 2 rings (SSSR count). The first-order valence-corrected chi connectivity index (χ1v) is 4.85. The second-order valence-corrected chi connectivity index (χ2v) is 3.37. The minimum atomic E-state index is 0.614. The average molecular weight is 203 g/mol. The van der Waals surface area contributed by atoms with Crippen LogP contribution in [-0.4, -0.2) is 20.2 Å². The van der Waals surface area contributed by atoms with Gasteiger partial charge in [0.2, 0.25) is 5.82 Å². The van der Waals surface area contributed by atoms with Crippen molar-refractivity contribution >= 4 is 5.69 Å². The molecule has 0 saturated carbocycles. The highest BCUT2D eigenvalue weighted by Gasteiger charge is 2.05. The van der Waals surface area contributed by atoms with Crippen LogP contribution in [-0.2, 0) is 6.54 Å². The Kier molecular flexibility index (Phi) is 2.37. The molecule has 1 heterocycles. The molecule has 2 N–H and O–H groups in total. The molecule has 5 heteroatoms. The van der Waals surface area contributed by atoms with Crippen LogP contribution in [0, 0.1) is 6.92 Å². The number of aromatic nitrogens is 4. The van der Waals surface area contributed by atoms with Crippen LogP contribution in [0.15, 0.2) is 18.2 Å². The summed E-state index contributed by atoms with van der Waals surface area (Å²) in [5.41, 5.74) is 8.52. The van der Waals surface area contributed by atoms with Crippen molar-refractivity contribution < 1.29 is 0 Å². The first-order valence-electron chi connectivity index (χ1n) is 4.85. The van der Waals surface area contributed by atoms with Crippen LogP contribution in [0.1, 0.15) is 12.5 Å². The molecule has 0 fully saturated rings. The number of hydrogen-bond donors (Lipinski definition) is 1. The molecule has 0 atom stereocenters. The maximum Gasteiger partial charge on any atom is 0.204 e. The van der Waals surface area contributed by atoms with Crippen molar-refractivity contribution in [2.45, 2.75) is 20.4 Å². The monoisotopic (exact) mass is 203 g/mol. The number of hydrogen-bond acceptors (Lipinski definition) is 4. The van der Waals surface area contributed by atoms with Gasteiger partial charge in [-0.15, -0.1) is 10.2 Å². The fraction of sp³-hybridized carbons (Fsp3) is 0.300. The van der Waals surface area contributed by atoms with Crippen molar-refractivity contribution in [3.8, 4) is 11.4 Å². The van der Waals surface area contributed by atoms with Gasteiger partial charge >= 0.3 is 0 Å². The first kappa shape index (κ1) is 9.64. The largest absolute Gasteiger partial charge is 0.398 e. The molecular weight excluding hydrogens is 190 g/mol.